The SMILES string of the molecule is CC(C)(C)OC(=O)N1C=CC(C#N)(C#N)C1. The number of hydrogen-bond donors (Lipinski definition) is 0. The molecule has 0 radical (unpaired) electrons. The number of hydrogen-bond acceptors (Lipinski definition) is 4. The summed E-state index contributed by atoms with van der Waals surface area (Å²) in [4.78, 5) is 12.8. The highest BCUT2D eigenvalue weighted by Gasteiger charge is 2.37. The summed E-state index contributed by atoms with van der Waals surface area (Å²) in [6.07, 6.45) is 2.29. The topological polar surface area (TPSA) is 77.1 Å². The molecule has 0 saturated carbocycles. The highest BCUT2D eigenvalue weighted by molar-refractivity contribution is 5.70. The van der Waals surface area contributed by atoms with E-state index in [9.17, 15) is 4.79 Å². The highest BCUT2D eigenvalue weighted by atomic mass is 16.6. The van der Waals surface area contributed by atoms with E-state index in [0.717, 1.165) is 0 Å². The molecular formula is C11H13N3O2. The normalized spacial score (nSPS) is 17.7. The first-order valence-electron chi connectivity index (χ1n) is 4.83. The van der Waals surface area contributed by atoms with E-state index < -0.39 is 17.1 Å². The van der Waals surface area contributed by atoms with Crippen LogP contribution in [0.25, 0.3) is 0 Å². The molecular weight excluding hydrogens is 206 g/mol. The van der Waals surface area contributed by atoms with Gasteiger partial charge in [-0.15, -0.1) is 0 Å². The lowest BCUT2D eigenvalue weighted by atomic mass is 9.94. The number of amides is 1. The van der Waals surface area contributed by atoms with Crippen molar-refractivity contribution in [3.63, 3.8) is 0 Å². The van der Waals surface area contributed by atoms with Crippen molar-refractivity contribution < 1.29 is 9.53 Å². The number of nitrogens with zero attached hydrogens (tertiary/aromatic N) is 3. The Morgan fingerprint density at radius 2 is 2.00 bits per heavy atom. The van der Waals surface area contributed by atoms with Crippen molar-refractivity contribution in [2.24, 2.45) is 5.41 Å². The molecule has 0 fully saturated rings. The highest BCUT2D eigenvalue weighted by Crippen LogP contribution is 2.26. The molecule has 0 saturated heterocycles. The van der Waals surface area contributed by atoms with E-state index in [1.165, 1.54) is 17.2 Å². The Kier molecular flexibility index (Phi) is 2.91. The van der Waals surface area contributed by atoms with Crippen LogP contribution in [0.3, 0.4) is 0 Å². The van der Waals surface area contributed by atoms with Crippen molar-refractivity contribution in [1.82, 2.24) is 4.90 Å². The zero-order valence-corrected chi connectivity index (χ0v) is 9.52. The van der Waals surface area contributed by atoms with Crippen molar-refractivity contribution in [2.45, 2.75) is 26.4 Å². The fraction of sp³-hybridized carbons (Fsp3) is 0.545. The smallest absolute Gasteiger partial charge is 0.414 e. The number of carbonyl (C=O) groups is 1. The Balaban J connectivity index is 2.70. The molecule has 1 aliphatic rings. The molecule has 1 heterocycles. The molecule has 0 atom stereocenters. The summed E-state index contributed by atoms with van der Waals surface area (Å²) in [6, 6.07) is 3.75. The third-order valence-electron chi connectivity index (χ3n) is 1.99. The lowest BCUT2D eigenvalue weighted by Crippen LogP contribution is -2.35. The average Bonchev–Trinajstić information content (AvgIpc) is 2.60. The second-order valence-corrected chi connectivity index (χ2v) is 4.62. The largest absolute Gasteiger partial charge is 0.443 e. The van der Waals surface area contributed by atoms with Gasteiger partial charge in [0.2, 0.25) is 0 Å². The molecule has 0 bridgehead atoms. The van der Waals surface area contributed by atoms with E-state index in [1.54, 1.807) is 20.8 Å². The zero-order valence-electron chi connectivity index (χ0n) is 9.52. The summed E-state index contributed by atoms with van der Waals surface area (Å²) in [5.41, 5.74) is -1.83. The van der Waals surface area contributed by atoms with E-state index in [1.807, 2.05) is 12.1 Å². The lowest BCUT2D eigenvalue weighted by molar-refractivity contribution is 0.0336. The molecule has 1 aliphatic heterocycles. The Bertz CT molecular complexity index is 392. The van der Waals surface area contributed by atoms with Crippen LogP contribution in [0.5, 0.6) is 0 Å². The van der Waals surface area contributed by atoms with E-state index in [4.69, 9.17) is 15.3 Å². The van der Waals surface area contributed by atoms with Crippen LogP contribution in [0.1, 0.15) is 20.8 Å². The summed E-state index contributed by atoms with van der Waals surface area (Å²) < 4.78 is 5.12. The molecule has 0 unspecified atom stereocenters. The van der Waals surface area contributed by atoms with Crippen molar-refractivity contribution in [1.29, 1.82) is 10.5 Å². The van der Waals surface area contributed by atoms with Crippen LogP contribution in [0.4, 0.5) is 4.79 Å². The lowest BCUT2D eigenvalue weighted by Gasteiger charge is -2.24. The molecule has 0 aromatic carbocycles. The minimum atomic E-state index is -1.24. The van der Waals surface area contributed by atoms with Gasteiger partial charge in [0.05, 0.1) is 18.7 Å². The van der Waals surface area contributed by atoms with Gasteiger partial charge in [0.25, 0.3) is 0 Å². The summed E-state index contributed by atoms with van der Waals surface area (Å²) >= 11 is 0. The first kappa shape index (κ1) is 12.1. The summed E-state index contributed by atoms with van der Waals surface area (Å²) in [5, 5.41) is 17.7. The molecule has 84 valence electrons. The van der Waals surface area contributed by atoms with Gasteiger partial charge < -0.3 is 4.74 Å². The van der Waals surface area contributed by atoms with Gasteiger partial charge in [-0.2, -0.15) is 10.5 Å². The Morgan fingerprint density at radius 3 is 2.38 bits per heavy atom. The average molecular weight is 219 g/mol. The second kappa shape index (κ2) is 3.86. The van der Waals surface area contributed by atoms with Crippen LogP contribution in [0, 0.1) is 28.1 Å². The number of rotatable bonds is 0. The monoisotopic (exact) mass is 219 g/mol. The van der Waals surface area contributed by atoms with Gasteiger partial charge >= 0.3 is 6.09 Å². The van der Waals surface area contributed by atoms with Crippen LogP contribution in [-0.2, 0) is 4.74 Å². The maximum Gasteiger partial charge on any atom is 0.414 e. The molecule has 5 heteroatoms. The van der Waals surface area contributed by atoms with Gasteiger partial charge in [-0.1, -0.05) is 0 Å². The molecule has 5 nitrogen and oxygen atoms in total. The maximum absolute atomic E-state index is 11.6. The minimum Gasteiger partial charge on any atom is -0.443 e. The number of ether oxygens (including phenoxy) is 1. The molecule has 1 rings (SSSR count). The number of nitriles is 2. The van der Waals surface area contributed by atoms with Gasteiger partial charge in [-0.05, 0) is 26.8 Å². The number of carbonyl (C=O) groups excluding carboxylic acids is 1. The van der Waals surface area contributed by atoms with E-state index in [-0.39, 0.29) is 6.54 Å². The van der Waals surface area contributed by atoms with Crippen LogP contribution in [0.15, 0.2) is 12.3 Å². The van der Waals surface area contributed by atoms with Crippen molar-refractivity contribution in [2.75, 3.05) is 6.54 Å². The van der Waals surface area contributed by atoms with Crippen LogP contribution < -0.4 is 0 Å². The zero-order chi connectivity index (χ0) is 12.4. The van der Waals surface area contributed by atoms with Gasteiger partial charge in [0.15, 0.2) is 5.41 Å². The maximum atomic E-state index is 11.6. The van der Waals surface area contributed by atoms with Crippen LogP contribution in [-0.4, -0.2) is 23.1 Å². The Labute approximate surface area is 94.5 Å². The summed E-state index contributed by atoms with van der Waals surface area (Å²) in [7, 11) is 0. The quantitative estimate of drug-likeness (QED) is 0.622. The van der Waals surface area contributed by atoms with Gasteiger partial charge in [-0.3, -0.25) is 4.90 Å². The fourth-order valence-corrected chi connectivity index (χ4v) is 1.21. The van der Waals surface area contributed by atoms with Crippen molar-refractivity contribution in [3.8, 4) is 12.1 Å². The van der Waals surface area contributed by atoms with E-state index >= 15 is 0 Å². The van der Waals surface area contributed by atoms with Crippen LogP contribution >= 0.6 is 0 Å². The Hall–Kier alpha value is -2.01. The predicted molar refractivity (Wildman–Crippen MR) is 55.7 cm³/mol. The molecule has 0 N–H and O–H groups in total. The third kappa shape index (κ3) is 2.52. The van der Waals surface area contributed by atoms with Gasteiger partial charge in [0, 0.05) is 6.20 Å². The summed E-state index contributed by atoms with van der Waals surface area (Å²) in [5.74, 6) is 0. The third-order valence-corrected chi connectivity index (χ3v) is 1.99. The summed E-state index contributed by atoms with van der Waals surface area (Å²) in [6.45, 7) is 5.29. The molecule has 0 aromatic heterocycles. The van der Waals surface area contributed by atoms with Crippen LogP contribution in [0.2, 0.25) is 0 Å². The minimum absolute atomic E-state index is 0.0227. The first-order chi connectivity index (χ1) is 7.32. The standard InChI is InChI=1S/C11H13N3O2/c1-10(2,3)16-9(15)14-5-4-11(6-12,7-13)8-14/h4-5H,8H2,1-3H3. The molecule has 1 amide bonds. The van der Waals surface area contributed by atoms with E-state index in [0.29, 0.717) is 0 Å². The molecule has 0 aliphatic carbocycles. The van der Waals surface area contributed by atoms with Crippen molar-refractivity contribution in [3.05, 3.63) is 12.3 Å². The first-order valence-corrected chi connectivity index (χ1v) is 4.83. The second-order valence-electron chi connectivity index (χ2n) is 4.62. The Morgan fingerprint density at radius 1 is 1.44 bits per heavy atom. The molecule has 0 aromatic rings. The predicted octanol–water partition coefficient (Wildman–Crippen LogP) is 1.78. The fourth-order valence-electron chi connectivity index (χ4n) is 1.21. The van der Waals surface area contributed by atoms with Crippen molar-refractivity contribution >= 4 is 6.09 Å². The molecule has 0 spiro atoms. The van der Waals surface area contributed by atoms with E-state index in [2.05, 4.69) is 0 Å². The van der Waals surface area contributed by atoms with Gasteiger partial charge in [0.1, 0.15) is 5.60 Å². The van der Waals surface area contributed by atoms with Gasteiger partial charge in [-0.25, -0.2) is 4.79 Å². The molecule has 16 heavy (non-hydrogen) atoms.